The highest BCUT2D eigenvalue weighted by molar-refractivity contribution is 7.91. The van der Waals surface area contributed by atoms with Gasteiger partial charge < -0.3 is 14.3 Å². The molecule has 2 heterocycles. The Bertz CT molecular complexity index is 877. The van der Waals surface area contributed by atoms with E-state index in [-0.39, 0.29) is 9.99 Å². The largest absolute Gasteiger partial charge is 0.442 e. The molecule has 0 saturated carbocycles. The fourth-order valence-corrected chi connectivity index (χ4v) is 3.54. The zero-order valence-corrected chi connectivity index (χ0v) is 13.4. The maximum Gasteiger partial charge on any atom is 0.239 e. The van der Waals surface area contributed by atoms with Gasteiger partial charge in [-0.05, 0) is 32.6 Å². The van der Waals surface area contributed by atoms with Crippen molar-refractivity contribution in [3.63, 3.8) is 0 Å². The highest BCUT2D eigenvalue weighted by atomic mass is 32.2. The zero-order valence-electron chi connectivity index (χ0n) is 12.5. The average molecular weight is 318 g/mol. The van der Waals surface area contributed by atoms with Crippen LogP contribution in [0.4, 0.5) is 0 Å². The van der Waals surface area contributed by atoms with E-state index >= 15 is 0 Å². The second kappa shape index (κ2) is 5.62. The van der Waals surface area contributed by atoms with Gasteiger partial charge in [0.2, 0.25) is 14.9 Å². The first-order chi connectivity index (χ1) is 10.5. The lowest BCUT2D eigenvalue weighted by Gasteiger charge is -2.07. The molecule has 0 aliphatic carbocycles. The quantitative estimate of drug-likeness (QED) is 0.785. The Morgan fingerprint density at radius 2 is 1.91 bits per heavy atom. The van der Waals surface area contributed by atoms with Gasteiger partial charge in [0.15, 0.2) is 5.58 Å². The van der Waals surface area contributed by atoms with Crippen LogP contribution in [0.3, 0.4) is 0 Å². The van der Waals surface area contributed by atoms with Crippen molar-refractivity contribution in [1.82, 2.24) is 9.88 Å². The lowest BCUT2D eigenvalue weighted by atomic mass is 10.2. The predicted octanol–water partition coefficient (Wildman–Crippen LogP) is 2.70. The molecule has 0 unspecified atom stereocenters. The summed E-state index contributed by atoms with van der Waals surface area (Å²) < 4.78 is 30.8. The second-order valence-corrected chi connectivity index (χ2v) is 7.37. The number of fused-ring (bicyclic) bond motifs is 1. The Balaban J connectivity index is 1.99. The van der Waals surface area contributed by atoms with Gasteiger partial charge in [0.1, 0.15) is 0 Å². The fourth-order valence-electron chi connectivity index (χ4n) is 2.32. The number of likely N-dealkylation sites (N-methyl/N-ethyl adjacent to an activating group) is 1. The molecule has 116 valence electrons. The number of sulfone groups is 1. The van der Waals surface area contributed by atoms with E-state index in [0.29, 0.717) is 11.1 Å². The average Bonchev–Trinajstić information content (AvgIpc) is 3.07. The number of H-pyrrole nitrogens is 1. The van der Waals surface area contributed by atoms with Gasteiger partial charge in [0, 0.05) is 24.4 Å². The molecule has 0 fully saturated rings. The number of benzene rings is 1. The van der Waals surface area contributed by atoms with Gasteiger partial charge in [0.25, 0.3) is 0 Å². The minimum absolute atomic E-state index is 0.0216. The van der Waals surface area contributed by atoms with Crippen molar-refractivity contribution in [1.29, 1.82) is 0 Å². The minimum atomic E-state index is -3.62. The van der Waals surface area contributed by atoms with Crippen molar-refractivity contribution in [3.05, 3.63) is 48.2 Å². The summed E-state index contributed by atoms with van der Waals surface area (Å²) >= 11 is 0. The first-order valence-corrected chi connectivity index (χ1v) is 8.51. The van der Waals surface area contributed by atoms with E-state index in [4.69, 9.17) is 4.42 Å². The number of furan rings is 1. The summed E-state index contributed by atoms with van der Waals surface area (Å²) in [5.74, 6) is 0. The van der Waals surface area contributed by atoms with Crippen LogP contribution in [0.2, 0.25) is 0 Å². The standard InChI is InChI=1S/C16H18N2O3S/c1-18(2)9-8-12-11-17-14-10-15(21-16(12)14)22(19,20)13-6-4-3-5-7-13/h3-7,10-11,17H,8-9H2,1-2H3. The van der Waals surface area contributed by atoms with Crippen LogP contribution in [0, 0.1) is 0 Å². The Morgan fingerprint density at radius 1 is 1.18 bits per heavy atom. The summed E-state index contributed by atoms with van der Waals surface area (Å²) in [5.41, 5.74) is 2.32. The Hall–Kier alpha value is -2.05. The van der Waals surface area contributed by atoms with Gasteiger partial charge >= 0.3 is 0 Å². The number of nitrogens with zero attached hydrogens (tertiary/aromatic N) is 1. The number of hydrogen-bond acceptors (Lipinski definition) is 4. The maximum atomic E-state index is 12.6. The topological polar surface area (TPSA) is 66.3 Å². The van der Waals surface area contributed by atoms with Crippen LogP contribution in [-0.4, -0.2) is 38.9 Å². The van der Waals surface area contributed by atoms with Crippen molar-refractivity contribution in [2.24, 2.45) is 0 Å². The Kier molecular flexibility index (Phi) is 3.80. The van der Waals surface area contributed by atoms with Gasteiger partial charge in [-0.2, -0.15) is 0 Å². The van der Waals surface area contributed by atoms with Gasteiger partial charge in [-0.3, -0.25) is 0 Å². The maximum absolute atomic E-state index is 12.6. The smallest absolute Gasteiger partial charge is 0.239 e. The van der Waals surface area contributed by atoms with Gasteiger partial charge in [0.05, 0.1) is 10.4 Å². The second-order valence-electron chi connectivity index (χ2n) is 5.49. The van der Waals surface area contributed by atoms with Crippen LogP contribution < -0.4 is 0 Å². The van der Waals surface area contributed by atoms with Crippen LogP contribution in [0.5, 0.6) is 0 Å². The third-order valence-corrected chi connectivity index (χ3v) is 5.17. The number of hydrogen-bond donors (Lipinski definition) is 1. The predicted molar refractivity (Wildman–Crippen MR) is 84.7 cm³/mol. The van der Waals surface area contributed by atoms with Crippen molar-refractivity contribution in [2.45, 2.75) is 16.4 Å². The molecule has 3 aromatic rings. The Labute approximate surface area is 129 Å². The number of nitrogens with one attached hydrogen (secondary N) is 1. The molecule has 1 aromatic carbocycles. The first kappa shape index (κ1) is 14.9. The summed E-state index contributed by atoms with van der Waals surface area (Å²) in [6.45, 7) is 0.869. The van der Waals surface area contributed by atoms with E-state index in [9.17, 15) is 8.42 Å². The first-order valence-electron chi connectivity index (χ1n) is 7.03. The van der Waals surface area contributed by atoms with Crippen LogP contribution in [0.15, 0.2) is 57.0 Å². The number of rotatable bonds is 5. The molecule has 0 radical (unpaired) electrons. The SMILES string of the molecule is CN(C)CCc1c[nH]c2cc(S(=O)(=O)c3ccccc3)oc12. The van der Waals surface area contributed by atoms with E-state index in [1.807, 2.05) is 20.3 Å². The summed E-state index contributed by atoms with van der Waals surface area (Å²) in [4.78, 5) is 5.39. The molecule has 0 aliphatic rings. The lowest BCUT2D eigenvalue weighted by Crippen LogP contribution is -2.14. The van der Waals surface area contributed by atoms with Gasteiger partial charge in [-0.1, -0.05) is 18.2 Å². The van der Waals surface area contributed by atoms with Gasteiger partial charge in [-0.25, -0.2) is 8.42 Å². The van der Waals surface area contributed by atoms with Crippen LogP contribution in [0.25, 0.3) is 11.1 Å². The van der Waals surface area contributed by atoms with E-state index in [1.165, 1.54) is 0 Å². The van der Waals surface area contributed by atoms with Crippen molar-refractivity contribution in [2.75, 3.05) is 20.6 Å². The van der Waals surface area contributed by atoms with E-state index in [2.05, 4.69) is 9.88 Å². The van der Waals surface area contributed by atoms with Crippen LogP contribution in [-0.2, 0) is 16.3 Å². The highest BCUT2D eigenvalue weighted by Crippen LogP contribution is 2.29. The lowest BCUT2D eigenvalue weighted by molar-refractivity contribution is 0.412. The summed E-state index contributed by atoms with van der Waals surface area (Å²) in [6, 6.07) is 9.87. The fraction of sp³-hybridized carbons (Fsp3) is 0.250. The monoisotopic (exact) mass is 318 g/mol. The third-order valence-electron chi connectivity index (χ3n) is 3.55. The molecule has 22 heavy (non-hydrogen) atoms. The zero-order chi connectivity index (χ0) is 15.7. The summed E-state index contributed by atoms with van der Waals surface area (Å²) in [5, 5.41) is -0.0216. The molecule has 2 aromatic heterocycles. The molecule has 0 aliphatic heterocycles. The Morgan fingerprint density at radius 3 is 2.59 bits per heavy atom. The summed E-state index contributed by atoms with van der Waals surface area (Å²) in [7, 11) is 0.379. The van der Waals surface area contributed by atoms with Crippen molar-refractivity contribution < 1.29 is 12.8 Å². The van der Waals surface area contributed by atoms with Crippen LogP contribution in [0.1, 0.15) is 5.56 Å². The molecule has 0 bridgehead atoms. The van der Waals surface area contributed by atoms with E-state index < -0.39 is 9.84 Å². The third kappa shape index (κ3) is 2.67. The van der Waals surface area contributed by atoms with E-state index in [0.717, 1.165) is 18.5 Å². The molecule has 0 amide bonds. The molecule has 5 nitrogen and oxygen atoms in total. The number of aromatic amines is 1. The van der Waals surface area contributed by atoms with Gasteiger partial charge in [-0.15, -0.1) is 0 Å². The molecule has 0 saturated heterocycles. The molecule has 3 rings (SSSR count). The number of aromatic nitrogens is 1. The molecular formula is C16H18N2O3S. The summed E-state index contributed by atoms with van der Waals surface area (Å²) in [6.07, 6.45) is 2.67. The molecule has 1 N–H and O–H groups in total. The normalized spacial score (nSPS) is 12.3. The molecular weight excluding hydrogens is 300 g/mol. The molecule has 0 spiro atoms. The highest BCUT2D eigenvalue weighted by Gasteiger charge is 2.23. The van der Waals surface area contributed by atoms with Crippen molar-refractivity contribution >= 4 is 20.9 Å². The van der Waals surface area contributed by atoms with Crippen LogP contribution >= 0.6 is 0 Å². The molecule has 6 heteroatoms. The van der Waals surface area contributed by atoms with Crippen molar-refractivity contribution in [3.8, 4) is 0 Å². The molecule has 0 atom stereocenters. The minimum Gasteiger partial charge on any atom is -0.442 e. The van der Waals surface area contributed by atoms with E-state index in [1.54, 1.807) is 36.4 Å².